The van der Waals surface area contributed by atoms with E-state index < -0.39 is 16.9 Å². The quantitative estimate of drug-likeness (QED) is 0.512. The first-order valence-electron chi connectivity index (χ1n) is 8.53. The highest BCUT2D eigenvalue weighted by Crippen LogP contribution is 2.31. The molecule has 0 aliphatic heterocycles. The van der Waals surface area contributed by atoms with Crippen molar-refractivity contribution in [1.29, 1.82) is 0 Å². The molecule has 0 aliphatic rings. The third-order valence-corrected chi connectivity index (χ3v) is 3.99. The van der Waals surface area contributed by atoms with Crippen LogP contribution in [0, 0.1) is 10.1 Å². The van der Waals surface area contributed by atoms with Crippen LogP contribution in [0.1, 0.15) is 17.3 Å². The molecule has 0 aliphatic carbocycles. The largest absolute Gasteiger partial charge is 0.412 e. The molecular weight excluding hydrogens is 362 g/mol. The number of carbonyl (C=O) groups excluding carboxylic acids is 2. The monoisotopic (exact) mass is 379 g/mol. The first-order chi connectivity index (χ1) is 13.5. The van der Waals surface area contributed by atoms with E-state index in [2.05, 4.69) is 10.6 Å². The van der Waals surface area contributed by atoms with Gasteiger partial charge in [-0.2, -0.15) is 0 Å². The van der Waals surface area contributed by atoms with Crippen LogP contribution in [0.4, 0.5) is 16.2 Å². The topological polar surface area (TPSA) is 111 Å². The molecule has 2 N–H and O–H groups in total. The number of ether oxygens (including phenoxy) is 1. The lowest BCUT2D eigenvalue weighted by Gasteiger charge is -2.13. The van der Waals surface area contributed by atoms with Crippen LogP contribution in [0.3, 0.4) is 0 Å². The van der Waals surface area contributed by atoms with E-state index in [1.54, 1.807) is 31.2 Å². The molecular formula is C20H17N3O5. The van der Waals surface area contributed by atoms with E-state index in [4.69, 9.17) is 4.74 Å². The number of nitro benzene ring substituents is 1. The Morgan fingerprint density at radius 1 is 1.04 bits per heavy atom. The summed E-state index contributed by atoms with van der Waals surface area (Å²) in [7, 11) is 0. The Labute approximate surface area is 160 Å². The number of hydrogen-bond donors (Lipinski definition) is 2. The molecule has 28 heavy (non-hydrogen) atoms. The fraction of sp³-hybridized carbons (Fsp3) is 0.100. The maximum absolute atomic E-state index is 13.0. The van der Waals surface area contributed by atoms with Gasteiger partial charge >= 0.3 is 6.09 Å². The fourth-order valence-electron chi connectivity index (χ4n) is 2.77. The molecule has 0 heterocycles. The fourth-order valence-corrected chi connectivity index (χ4v) is 2.77. The minimum absolute atomic E-state index is 0.0504. The lowest BCUT2D eigenvalue weighted by atomic mass is 10.0. The number of hydrogen-bond acceptors (Lipinski definition) is 5. The molecule has 0 bridgehead atoms. The molecule has 0 fully saturated rings. The van der Waals surface area contributed by atoms with Crippen molar-refractivity contribution < 1.29 is 19.2 Å². The maximum atomic E-state index is 13.0. The van der Waals surface area contributed by atoms with Crippen molar-refractivity contribution in [3.63, 3.8) is 0 Å². The molecule has 8 heteroatoms. The molecule has 0 saturated carbocycles. The Morgan fingerprint density at radius 3 is 2.50 bits per heavy atom. The predicted octanol–water partition coefficient (Wildman–Crippen LogP) is 4.11. The van der Waals surface area contributed by atoms with E-state index in [-0.39, 0.29) is 22.7 Å². The van der Waals surface area contributed by atoms with Crippen molar-refractivity contribution in [2.24, 2.45) is 0 Å². The molecule has 0 radical (unpaired) electrons. The third kappa shape index (κ3) is 3.90. The zero-order chi connectivity index (χ0) is 20.1. The number of nitrogens with one attached hydrogen (secondary N) is 2. The van der Waals surface area contributed by atoms with Gasteiger partial charge < -0.3 is 15.4 Å². The van der Waals surface area contributed by atoms with Gasteiger partial charge in [0.25, 0.3) is 11.6 Å². The number of para-hydroxylation sites is 2. The summed E-state index contributed by atoms with van der Waals surface area (Å²) in [5.41, 5.74) is -0.0702. The van der Waals surface area contributed by atoms with Gasteiger partial charge in [0, 0.05) is 12.6 Å². The summed E-state index contributed by atoms with van der Waals surface area (Å²) in [4.78, 5) is 35.5. The van der Waals surface area contributed by atoms with E-state index >= 15 is 0 Å². The van der Waals surface area contributed by atoms with Crippen LogP contribution in [-0.4, -0.2) is 23.5 Å². The van der Waals surface area contributed by atoms with E-state index in [0.29, 0.717) is 11.9 Å². The number of nitro groups is 1. The number of rotatable bonds is 5. The van der Waals surface area contributed by atoms with E-state index in [1.165, 1.54) is 24.3 Å². The van der Waals surface area contributed by atoms with Crippen LogP contribution >= 0.6 is 0 Å². The van der Waals surface area contributed by atoms with Crippen molar-refractivity contribution >= 4 is 34.1 Å². The predicted molar refractivity (Wildman–Crippen MR) is 105 cm³/mol. The molecule has 142 valence electrons. The second kappa shape index (κ2) is 8.17. The highest BCUT2D eigenvalue weighted by atomic mass is 16.6. The summed E-state index contributed by atoms with van der Waals surface area (Å²) in [6.07, 6.45) is -0.697. The second-order valence-corrected chi connectivity index (χ2v) is 5.81. The molecule has 2 amide bonds. The number of benzene rings is 3. The van der Waals surface area contributed by atoms with Gasteiger partial charge in [0.1, 0.15) is 11.4 Å². The van der Waals surface area contributed by atoms with Gasteiger partial charge in [-0.1, -0.05) is 42.5 Å². The van der Waals surface area contributed by atoms with E-state index in [9.17, 15) is 19.7 Å². The second-order valence-electron chi connectivity index (χ2n) is 5.81. The first-order valence-corrected chi connectivity index (χ1v) is 8.53. The standard InChI is InChI=1S/C20H17N3O5/c1-2-21-20(25)28-17-12-11-13-7-3-4-8-14(13)18(17)19(24)22-15-9-5-6-10-16(15)23(26)27/h3-12H,2H2,1H3,(H,21,25)(H,22,24). The van der Waals surface area contributed by atoms with Crippen LogP contribution in [0.25, 0.3) is 10.8 Å². The van der Waals surface area contributed by atoms with Crippen LogP contribution in [-0.2, 0) is 0 Å². The minimum atomic E-state index is -0.697. The van der Waals surface area contributed by atoms with Crippen molar-refractivity contribution in [3.05, 3.63) is 76.3 Å². The lowest BCUT2D eigenvalue weighted by Crippen LogP contribution is -2.27. The summed E-state index contributed by atoms with van der Waals surface area (Å²) in [6, 6.07) is 16.2. The van der Waals surface area contributed by atoms with Crippen LogP contribution in [0.5, 0.6) is 5.75 Å². The van der Waals surface area contributed by atoms with Gasteiger partial charge in [-0.15, -0.1) is 0 Å². The summed E-state index contributed by atoms with van der Waals surface area (Å²) in [6.45, 7) is 2.11. The molecule has 3 aromatic carbocycles. The van der Waals surface area contributed by atoms with Crippen molar-refractivity contribution in [2.75, 3.05) is 11.9 Å². The van der Waals surface area contributed by atoms with Gasteiger partial charge in [-0.3, -0.25) is 14.9 Å². The number of amides is 2. The number of anilines is 1. The van der Waals surface area contributed by atoms with Gasteiger partial charge in [0.15, 0.2) is 0 Å². The number of fused-ring (bicyclic) bond motifs is 1. The third-order valence-electron chi connectivity index (χ3n) is 3.99. The Hall–Kier alpha value is -3.94. The molecule has 0 aromatic heterocycles. The van der Waals surface area contributed by atoms with Crippen LogP contribution in [0.2, 0.25) is 0 Å². The smallest absolute Gasteiger partial charge is 0.409 e. The molecule has 3 aromatic rings. The van der Waals surface area contributed by atoms with Gasteiger partial charge in [-0.05, 0) is 29.8 Å². The number of nitrogens with zero attached hydrogens (tertiary/aromatic N) is 1. The summed E-state index contributed by atoms with van der Waals surface area (Å²) in [5, 5.41) is 17.6. The molecule has 0 atom stereocenters. The van der Waals surface area contributed by atoms with Crippen molar-refractivity contribution in [3.8, 4) is 5.75 Å². The Bertz CT molecular complexity index is 1060. The summed E-state index contributed by atoms with van der Waals surface area (Å²) >= 11 is 0. The SMILES string of the molecule is CCNC(=O)Oc1ccc2ccccc2c1C(=O)Nc1ccccc1[N+](=O)[O-]. The molecule has 0 spiro atoms. The zero-order valence-corrected chi connectivity index (χ0v) is 15.0. The molecule has 0 saturated heterocycles. The van der Waals surface area contributed by atoms with Crippen molar-refractivity contribution in [1.82, 2.24) is 5.32 Å². The van der Waals surface area contributed by atoms with Crippen LogP contribution in [0.15, 0.2) is 60.7 Å². The van der Waals surface area contributed by atoms with Crippen molar-refractivity contribution in [2.45, 2.75) is 6.92 Å². The average molecular weight is 379 g/mol. The highest BCUT2D eigenvalue weighted by molar-refractivity contribution is 6.15. The Kier molecular flexibility index (Phi) is 5.50. The highest BCUT2D eigenvalue weighted by Gasteiger charge is 2.22. The van der Waals surface area contributed by atoms with E-state index in [1.807, 2.05) is 12.1 Å². The normalized spacial score (nSPS) is 10.3. The summed E-state index contributed by atoms with van der Waals surface area (Å²) < 4.78 is 5.29. The Morgan fingerprint density at radius 2 is 1.75 bits per heavy atom. The maximum Gasteiger partial charge on any atom is 0.412 e. The first kappa shape index (κ1) is 18.8. The van der Waals surface area contributed by atoms with Gasteiger partial charge in [0.2, 0.25) is 0 Å². The minimum Gasteiger partial charge on any atom is -0.409 e. The molecule has 8 nitrogen and oxygen atoms in total. The zero-order valence-electron chi connectivity index (χ0n) is 15.0. The van der Waals surface area contributed by atoms with E-state index in [0.717, 1.165) is 5.39 Å². The Balaban J connectivity index is 2.06. The lowest BCUT2D eigenvalue weighted by molar-refractivity contribution is -0.383. The van der Waals surface area contributed by atoms with Gasteiger partial charge in [0.05, 0.1) is 10.5 Å². The van der Waals surface area contributed by atoms with Crippen LogP contribution < -0.4 is 15.4 Å². The molecule has 0 unspecified atom stereocenters. The molecule has 3 rings (SSSR count). The summed E-state index contributed by atoms with van der Waals surface area (Å²) in [5.74, 6) is -0.564. The average Bonchev–Trinajstić information content (AvgIpc) is 2.68. The van der Waals surface area contributed by atoms with Gasteiger partial charge in [-0.25, -0.2) is 4.79 Å². The number of carbonyl (C=O) groups is 2.